The second-order valence-electron chi connectivity index (χ2n) is 14.9. The number of hydrogen-bond donors (Lipinski definition) is 1. The number of aliphatic carboxylic acids is 1. The molecular weight excluding hydrogens is 592 g/mol. The predicted molar refractivity (Wildman–Crippen MR) is 209 cm³/mol. The van der Waals surface area contributed by atoms with E-state index in [0.29, 0.717) is 12.8 Å². The smallest absolute Gasteiger partial charge is 0.306 e. The van der Waals surface area contributed by atoms with Crippen LogP contribution >= 0.6 is 0 Å². The maximum Gasteiger partial charge on any atom is 0.306 e. The number of carboxylic acid groups (broad SMARTS) is 1. The molecule has 4 nitrogen and oxygen atoms in total. The molecule has 0 amide bonds. The summed E-state index contributed by atoms with van der Waals surface area (Å²) in [5, 5.41) is 8.68. The number of rotatable bonds is 40. The van der Waals surface area contributed by atoms with Crippen molar-refractivity contribution in [3.8, 4) is 0 Å². The first-order chi connectivity index (χ1) is 23.6. The molecule has 0 saturated carbocycles. The molecule has 4 heteroatoms. The topological polar surface area (TPSA) is 63.6 Å². The standard InChI is InChI=1S/C44H84O4/c1-3-5-7-8-9-10-11-12-13-14-15-16-17-21-24-27-30-33-37-41-44(47)48-42(38-34-6-4-2)39-35-31-28-25-22-19-18-20-23-26-29-32-36-40-43(45)46/h12-13,42H,3-11,14-41H2,1-2H3,(H,45,46)/b13-12-. The Bertz CT molecular complexity index is 687. The van der Waals surface area contributed by atoms with Crippen LogP contribution in [-0.2, 0) is 14.3 Å². The zero-order valence-corrected chi connectivity index (χ0v) is 32.6. The van der Waals surface area contributed by atoms with Crippen molar-refractivity contribution < 1.29 is 19.4 Å². The number of carbonyl (C=O) groups excluding carboxylic acids is 1. The van der Waals surface area contributed by atoms with Crippen molar-refractivity contribution in [1.29, 1.82) is 0 Å². The number of carboxylic acids is 1. The Labute approximate surface area is 300 Å². The number of allylic oxidation sites excluding steroid dienone is 2. The lowest BCUT2D eigenvalue weighted by Gasteiger charge is -2.18. The van der Waals surface area contributed by atoms with Crippen LogP contribution in [-0.4, -0.2) is 23.1 Å². The van der Waals surface area contributed by atoms with E-state index in [1.807, 2.05) is 0 Å². The van der Waals surface area contributed by atoms with Gasteiger partial charge >= 0.3 is 11.9 Å². The van der Waals surface area contributed by atoms with E-state index in [1.165, 1.54) is 186 Å². The Kier molecular flexibility index (Phi) is 39.0. The Balaban J connectivity index is 3.66. The first-order valence-corrected chi connectivity index (χ1v) is 21.7. The van der Waals surface area contributed by atoms with Gasteiger partial charge < -0.3 is 9.84 Å². The largest absolute Gasteiger partial charge is 0.481 e. The minimum atomic E-state index is -0.666. The third-order valence-corrected chi connectivity index (χ3v) is 9.99. The Hall–Kier alpha value is -1.32. The molecule has 1 unspecified atom stereocenters. The van der Waals surface area contributed by atoms with Crippen LogP contribution in [0.3, 0.4) is 0 Å². The molecule has 0 rings (SSSR count). The van der Waals surface area contributed by atoms with Gasteiger partial charge in [0.1, 0.15) is 6.10 Å². The maximum absolute atomic E-state index is 12.6. The van der Waals surface area contributed by atoms with Crippen molar-refractivity contribution in [3.63, 3.8) is 0 Å². The molecule has 1 N–H and O–H groups in total. The van der Waals surface area contributed by atoms with E-state index in [0.717, 1.165) is 38.5 Å². The van der Waals surface area contributed by atoms with Gasteiger partial charge in [-0.1, -0.05) is 187 Å². The molecule has 0 spiro atoms. The highest BCUT2D eigenvalue weighted by Gasteiger charge is 2.14. The first kappa shape index (κ1) is 46.7. The highest BCUT2D eigenvalue weighted by molar-refractivity contribution is 5.69. The average Bonchev–Trinajstić information content (AvgIpc) is 3.07. The molecule has 0 saturated heterocycles. The van der Waals surface area contributed by atoms with Gasteiger partial charge in [0.25, 0.3) is 0 Å². The van der Waals surface area contributed by atoms with Gasteiger partial charge in [-0.3, -0.25) is 9.59 Å². The van der Waals surface area contributed by atoms with E-state index >= 15 is 0 Å². The summed E-state index contributed by atoms with van der Waals surface area (Å²) in [5.41, 5.74) is 0. The van der Waals surface area contributed by atoms with Crippen molar-refractivity contribution in [1.82, 2.24) is 0 Å². The summed E-state index contributed by atoms with van der Waals surface area (Å²) in [5.74, 6) is -0.627. The summed E-state index contributed by atoms with van der Waals surface area (Å²) < 4.78 is 5.99. The molecule has 0 aliphatic carbocycles. The van der Waals surface area contributed by atoms with Gasteiger partial charge in [-0.2, -0.15) is 0 Å². The molecule has 0 heterocycles. The maximum atomic E-state index is 12.6. The second kappa shape index (κ2) is 40.1. The van der Waals surface area contributed by atoms with Crippen LogP contribution in [0.15, 0.2) is 12.2 Å². The number of unbranched alkanes of at least 4 members (excludes halogenated alkanes) is 29. The molecule has 0 bridgehead atoms. The summed E-state index contributed by atoms with van der Waals surface area (Å²) >= 11 is 0. The number of ether oxygens (including phenoxy) is 1. The second-order valence-corrected chi connectivity index (χ2v) is 14.9. The van der Waals surface area contributed by atoms with Gasteiger partial charge in [-0.15, -0.1) is 0 Å². The molecule has 0 aliphatic rings. The highest BCUT2D eigenvalue weighted by atomic mass is 16.5. The van der Waals surface area contributed by atoms with Crippen molar-refractivity contribution in [2.75, 3.05) is 0 Å². The molecule has 48 heavy (non-hydrogen) atoms. The van der Waals surface area contributed by atoms with Gasteiger partial charge in [0.15, 0.2) is 0 Å². The summed E-state index contributed by atoms with van der Waals surface area (Å²) in [6, 6.07) is 0. The van der Waals surface area contributed by atoms with E-state index in [4.69, 9.17) is 9.84 Å². The fraction of sp³-hybridized carbons (Fsp3) is 0.909. The molecule has 0 aromatic heterocycles. The summed E-state index contributed by atoms with van der Waals surface area (Å²) in [6.07, 6.45) is 50.0. The number of carbonyl (C=O) groups is 2. The Morgan fingerprint density at radius 1 is 0.438 bits per heavy atom. The SMILES string of the molecule is CCCCCCCC/C=C\CCCCCCCCCCCC(=O)OC(CCCCC)CCCCCCCCCCCCCCCC(=O)O. The van der Waals surface area contributed by atoms with Crippen molar-refractivity contribution in [3.05, 3.63) is 12.2 Å². The molecular formula is C44H84O4. The zero-order valence-electron chi connectivity index (χ0n) is 32.6. The monoisotopic (exact) mass is 677 g/mol. The fourth-order valence-corrected chi connectivity index (χ4v) is 6.77. The van der Waals surface area contributed by atoms with Crippen molar-refractivity contribution in [2.24, 2.45) is 0 Å². The van der Waals surface area contributed by atoms with E-state index in [9.17, 15) is 9.59 Å². The molecule has 0 aromatic carbocycles. The van der Waals surface area contributed by atoms with Gasteiger partial charge in [-0.25, -0.2) is 0 Å². The van der Waals surface area contributed by atoms with Gasteiger partial charge in [0.2, 0.25) is 0 Å². The van der Waals surface area contributed by atoms with Gasteiger partial charge in [0.05, 0.1) is 0 Å². The number of hydrogen-bond acceptors (Lipinski definition) is 3. The quantitative estimate of drug-likeness (QED) is 0.0398. The van der Waals surface area contributed by atoms with Crippen molar-refractivity contribution >= 4 is 11.9 Å². The minimum Gasteiger partial charge on any atom is -0.481 e. The molecule has 284 valence electrons. The normalized spacial score (nSPS) is 12.2. The van der Waals surface area contributed by atoms with Gasteiger partial charge in [-0.05, 0) is 64.2 Å². The Morgan fingerprint density at radius 3 is 1.17 bits per heavy atom. The first-order valence-electron chi connectivity index (χ1n) is 21.7. The molecule has 0 aromatic rings. The van der Waals surface area contributed by atoms with Crippen LogP contribution in [0.4, 0.5) is 0 Å². The lowest BCUT2D eigenvalue weighted by Crippen LogP contribution is -2.18. The van der Waals surface area contributed by atoms with Crippen LogP contribution in [0.25, 0.3) is 0 Å². The van der Waals surface area contributed by atoms with Crippen LogP contribution in [0.1, 0.15) is 251 Å². The molecule has 0 radical (unpaired) electrons. The summed E-state index contributed by atoms with van der Waals surface area (Å²) in [7, 11) is 0. The van der Waals surface area contributed by atoms with Crippen molar-refractivity contribution in [2.45, 2.75) is 258 Å². The van der Waals surface area contributed by atoms with Crippen LogP contribution in [0.2, 0.25) is 0 Å². The fourth-order valence-electron chi connectivity index (χ4n) is 6.77. The summed E-state index contributed by atoms with van der Waals surface area (Å²) in [6.45, 7) is 4.52. The van der Waals surface area contributed by atoms with Gasteiger partial charge in [0, 0.05) is 12.8 Å². The molecule has 0 aliphatic heterocycles. The molecule has 1 atom stereocenters. The lowest BCUT2D eigenvalue weighted by atomic mass is 10.0. The van der Waals surface area contributed by atoms with E-state index in [2.05, 4.69) is 26.0 Å². The van der Waals surface area contributed by atoms with E-state index in [-0.39, 0.29) is 12.1 Å². The third kappa shape index (κ3) is 39.1. The molecule has 0 fully saturated rings. The van der Waals surface area contributed by atoms with Crippen LogP contribution < -0.4 is 0 Å². The average molecular weight is 677 g/mol. The van der Waals surface area contributed by atoms with E-state index < -0.39 is 5.97 Å². The predicted octanol–water partition coefficient (Wildman–Crippen LogP) is 15.0. The third-order valence-electron chi connectivity index (χ3n) is 9.99. The Morgan fingerprint density at radius 2 is 0.750 bits per heavy atom. The van der Waals surface area contributed by atoms with Crippen LogP contribution in [0, 0.1) is 0 Å². The highest BCUT2D eigenvalue weighted by Crippen LogP contribution is 2.19. The van der Waals surface area contributed by atoms with E-state index in [1.54, 1.807) is 0 Å². The lowest BCUT2D eigenvalue weighted by molar-refractivity contribution is -0.150. The summed E-state index contributed by atoms with van der Waals surface area (Å²) in [4.78, 5) is 23.1. The number of esters is 1. The minimum absolute atomic E-state index is 0.0396. The zero-order chi connectivity index (χ0) is 35.0. The van der Waals surface area contributed by atoms with Crippen LogP contribution in [0.5, 0.6) is 0 Å².